The predicted molar refractivity (Wildman–Crippen MR) is 111 cm³/mol. The molecule has 150 valence electrons. The van der Waals surface area contributed by atoms with Crippen molar-refractivity contribution in [3.05, 3.63) is 49.1 Å². The minimum atomic E-state index is 0.690. The van der Waals surface area contributed by atoms with E-state index in [2.05, 4.69) is 35.1 Å². The average molecular weight is 393 g/mol. The fourth-order valence-electron chi connectivity index (χ4n) is 3.23. The molecule has 0 unspecified atom stereocenters. The van der Waals surface area contributed by atoms with E-state index in [4.69, 9.17) is 9.47 Å². The second-order valence-electron chi connectivity index (χ2n) is 6.48. The summed E-state index contributed by atoms with van der Waals surface area (Å²) in [6.45, 7) is 3.33. The highest BCUT2D eigenvalue weighted by Crippen LogP contribution is 2.31. The molecule has 29 heavy (non-hydrogen) atoms. The number of anilines is 4. The van der Waals surface area contributed by atoms with Gasteiger partial charge in [-0.25, -0.2) is 19.9 Å². The van der Waals surface area contributed by atoms with Gasteiger partial charge in [0.2, 0.25) is 5.95 Å². The van der Waals surface area contributed by atoms with Crippen molar-refractivity contribution >= 4 is 23.3 Å². The van der Waals surface area contributed by atoms with Gasteiger partial charge < -0.3 is 24.6 Å². The number of nitrogens with one attached hydrogen (secondary N) is 1. The first kappa shape index (κ1) is 18.7. The lowest BCUT2D eigenvalue weighted by molar-refractivity contribution is 0.405. The van der Waals surface area contributed by atoms with Crippen LogP contribution in [0.4, 0.5) is 23.3 Å². The van der Waals surface area contributed by atoms with E-state index in [0.717, 1.165) is 49.4 Å². The van der Waals surface area contributed by atoms with Crippen LogP contribution in [0.15, 0.2) is 49.1 Å². The van der Waals surface area contributed by atoms with Gasteiger partial charge in [0.05, 0.1) is 19.9 Å². The highest BCUT2D eigenvalue weighted by molar-refractivity contribution is 5.67. The molecular formula is C20H23N7O2. The van der Waals surface area contributed by atoms with Crippen LogP contribution >= 0.6 is 0 Å². The summed E-state index contributed by atoms with van der Waals surface area (Å²) in [6.07, 6.45) is 5.10. The largest absolute Gasteiger partial charge is 0.497 e. The Labute approximate surface area is 169 Å². The molecule has 1 aliphatic heterocycles. The van der Waals surface area contributed by atoms with Gasteiger partial charge in [-0.1, -0.05) is 0 Å². The molecule has 1 aliphatic rings. The molecule has 0 aliphatic carbocycles. The smallest absolute Gasteiger partial charge is 0.225 e. The van der Waals surface area contributed by atoms with Crippen LogP contribution < -0.4 is 24.6 Å². The van der Waals surface area contributed by atoms with E-state index in [9.17, 15) is 0 Å². The molecular weight excluding hydrogens is 370 g/mol. The summed E-state index contributed by atoms with van der Waals surface area (Å²) in [6, 6.07) is 9.35. The summed E-state index contributed by atoms with van der Waals surface area (Å²) in [5, 5.41) is 3.30. The molecule has 4 rings (SSSR count). The van der Waals surface area contributed by atoms with Crippen LogP contribution in [-0.4, -0.2) is 60.3 Å². The average Bonchev–Trinajstić information content (AvgIpc) is 2.80. The predicted octanol–water partition coefficient (Wildman–Crippen LogP) is 2.35. The summed E-state index contributed by atoms with van der Waals surface area (Å²) in [5.74, 6) is 3.78. The van der Waals surface area contributed by atoms with Crippen molar-refractivity contribution in [1.29, 1.82) is 0 Å². The number of methoxy groups -OCH3 is 2. The lowest BCUT2D eigenvalue weighted by Gasteiger charge is -2.35. The van der Waals surface area contributed by atoms with E-state index in [-0.39, 0.29) is 0 Å². The number of piperazine rings is 1. The van der Waals surface area contributed by atoms with Gasteiger partial charge in [0.25, 0.3) is 0 Å². The van der Waals surface area contributed by atoms with Crippen LogP contribution in [0.5, 0.6) is 11.5 Å². The van der Waals surface area contributed by atoms with E-state index in [0.29, 0.717) is 11.6 Å². The van der Waals surface area contributed by atoms with Crippen molar-refractivity contribution in [2.45, 2.75) is 0 Å². The van der Waals surface area contributed by atoms with Crippen molar-refractivity contribution in [1.82, 2.24) is 19.9 Å². The normalized spacial score (nSPS) is 13.9. The van der Waals surface area contributed by atoms with Crippen LogP contribution in [0.25, 0.3) is 0 Å². The van der Waals surface area contributed by atoms with Crippen LogP contribution in [0, 0.1) is 0 Å². The SMILES string of the molecule is COc1ccc(OC)c(Nc2cc(N3CCN(c4ncccn4)CC3)ncn2)c1. The number of nitrogens with zero attached hydrogens (tertiary/aromatic N) is 6. The minimum absolute atomic E-state index is 0.690. The van der Waals surface area contributed by atoms with Crippen molar-refractivity contribution in [2.24, 2.45) is 0 Å². The lowest BCUT2D eigenvalue weighted by atomic mass is 10.2. The minimum Gasteiger partial charge on any atom is -0.497 e. The molecule has 9 heteroatoms. The summed E-state index contributed by atoms with van der Waals surface area (Å²) in [4.78, 5) is 21.9. The fourth-order valence-corrected chi connectivity index (χ4v) is 3.23. The fraction of sp³-hybridized carbons (Fsp3) is 0.300. The highest BCUT2D eigenvalue weighted by atomic mass is 16.5. The number of hydrogen-bond donors (Lipinski definition) is 1. The molecule has 9 nitrogen and oxygen atoms in total. The van der Waals surface area contributed by atoms with Crippen LogP contribution in [0.2, 0.25) is 0 Å². The molecule has 0 bridgehead atoms. The Morgan fingerprint density at radius 2 is 1.62 bits per heavy atom. The Morgan fingerprint density at radius 1 is 0.862 bits per heavy atom. The molecule has 1 saturated heterocycles. The Kier molecular flexibility index (Phi) is 5.55. The summed E-state index contributed by atoms with van der Waals surface area (Å²) in [5.41, 5.74) is 0.780. The van der Waals surface area contributed by atoms with E-state index >= 15 is 0 Å². The van der Waals surface area contributed by atoms with Crippen molar-refractivity contribution in [2.75, 3.05) is 55.5 Å². The topological polar surface area (TPSA) is 88.5 Å². The zero-order chi connectivity index (χ0) is 20.1. The first-order valence-electron chi connectivity index (χ1n) is 9.35. The van der Waals surface area contributed by atoms with Gasteiger partial charge in [0.1, 0.15) is 29.5 Å². The molecule has 0 radical (unpaired) electrons. The standard InChI is InChI=1S/C20H23N7O2/c1-28-15-4-5-17(29-2)16(12-15)25-18-13-19(24-14-23-18)26-8-10-27(11-9-26)20-21-6-3-7-22-20/h3-7,12-14H,8-11H2,1-2H3,(H,23,24,25). The second-order valence-corrected chi connectivity index (χ2v) is 6.48. The van der Waals surface area contributed by atoms with E-state index in [1.807, 2.05) is 30.3 Å². The first-order chi connectivity index (χ1) is 14.3. The van der Waals surface area contributed by atoms with Gasteiger partial charge in [-0.05, 0) is 18.2 Å². The van der Waals surface area contributed by atoms with E-state index in [1.54, 1.807) is 32.9 Å². The molecule has 1 fully saturated rings. The molecule has 3 heterocycles. The number of ether oxygens (including phenoxy) is 2. The van der Waals surface area contributed by atoms with Gasteiger partial charge in [-0.2, -0.15) is 0 Å². The molecule has 3 aromatic rings. The monoisotopic (exact) mass is 393 g/mol. The Hall–Kier alpha value is -3.62. The maximum Gasteiger partial charge on any atom is 0.225 e. The van der Waals surface area contributed by atoms with Crippen molar-refractivity contribution in [3.63, 3.8) is 0 Å². The molecule has 0 saturated carbocycles. The second kappa shape index (κ2) is 8.59. The zero-order valence-corrected chi connectivity index (χ0v) is 16.4. The molecule has 0 atom stereocenters. The zero-order valence-electron chi connectivity index (χ0n) is 16.4. The quantitative estimate of drug-likeness (QED) is 0.678. The molecule has 1 N–H and O–H groups in total. The Bertz CT molecular complexity index is 947. The van der Waals surface area contributed by atoms with Crippen molar-refractivity contribution < 1.29 is 9.47 Å². The highest BCUT2D eigenvalue weighted by Gasteiger charge is 2.20. The van der Waals surface area contributed by atoms with Gasteiger partial charge in [-0.3, -0.25) is 0 Å². The number of aromatic nitrogens is 4. The van der Waals surface area contributed by atoms with Crippen LogP contribution in [0.1, 0.15) is 0 Å². The Balaban J connectivity index is 1.46. The molecule has 0 spiro atoms. The van der Waals surface area contributed by atoms with Crippen LogP contribution in [0.3, 0.4) is 0 Å². The van der Waals surface area contributed by atoms with E-state index < -0.39 is 0 Å². The van der Waals surface area contributed by atoms with Gasteiger partial charge in [0, 0.05) is 50.7 Å². The van der Waals surface area contributed by atoms with Crippen LogP contribution in [-0.2, 0) is 0 Å². The third-order valence-corrected chi connectivity index (χ3v) is 4.76. The van der Waals surface area contributed by atoms with Crippen molar-refractivity contribution in [3.8, 4) is 11.5 Å². The van der Waals surface area contributed by atoms with E-state index in [1.165, 1.54) is 0 Å². The van der Waals surface area contributed by atoms with Gasteiger partial charge in [-0.15, -0.1) is 0 Å². The molecule has 1 aromatic carbocycles. The summed E-state index contributed by atoms with van der Waals surface area (Å²) in [7, 11) is 3.27. The third kappa shape index (κ3) is 4.29. The number of hydrogen-bond acceptors (Lipinski definition) is 9. The number of benzene rings is 1. The Morgan fingerprint density at radius 3 is 2.34 bits per heavy atom. The number of rotatable bonds is 6. The lowest BCUT2D eigenvalue weighted by Crippen LogP contribution is -2.47. The van der Waals surface area contributed by atoms with Gasteiger partial charge in [0.15, 0.2) is 0 Å². The summed E-state index contributed by atoms with van der Waals surface area (Å²) >= 11 is 0. The molecule has 2 aromatic heterocycles. The summed E-state index contributed by atoms with van der Waals surface area (Å²) < 4.78 is 10.7. The van der Waals surface area contributed by atoms with Gasteiger partial charge >= 0.3 is 0 Å². The third-order valence-electron chi connectivity index (χ3n) is 4.76. The maximum atomic E-state index is 5.43. The maximum absolute atomic E-state index is 5.43. The molecule has 0 amide bonds. The first-order valence-corrected chi connectivity index (χ1v) is 9.35.